The van der Waals surface area contributed by atoms with E-state index in [2.05, 4.69) is 15.3 Å². The Bertz CT molecular complexity index is 1010. The quantitative estimate of drug-likeness (QED) is 0.741. The van der Waals surface area contributed by atoms with E-state index < -0.39 is 17.6 Å². The van der Waals surface area contributed by atoms with E-state index >= 15 is 0 Å². The van der Waals surface area contributed by atoms with Crippen molar-refractivity contribution in [1.29, 1.82) is 5.26 Å². The van der Waals surface area contributed by atoms with Crippen molar-refractivity contribution in [3.8, 4) is 6.07 Å². The van der Waals surface area contributed by atoms with E-state index in [-0.39, 0.29) is 17.4 Å². The molecule has 0 spiro atoms. The lowest BCUT2D eigenvalue weighted by atomic mass is 10.1. The Morgan fingerprint density at radius 2 is 1.97 bits per heavy atom. The van der Waals surface area contributed by atoms with Crippen LogP contribution in [0.15, 0.2) is 18.2 Å². The summed E-state index contributed by atoms with van der Waals surface area (Å²) in [5, 5.41) is 21.9. The first-order valence-corrected chi connectivity index (χ1v) is 9.68. The third-order valence-corrected chi connectivity index (χ3v) is 5.18. The summed E-state index contributed by atoms with van der Waals surface area (Å²) in [5.41, 5.74) is -0.170. The van der Waals surface area contributed by atoms with E-state index in [1.54, 1.807) is 6.07 Å². The van der Waals surface area contributed by atoms with Crippen LogP contribution in [0.5, 0.6) is 0 Å². The summed E-state index contributed by atoms with van der Waals surface area (Å²) < 4.78 is 27.0. The first kappa shape index (κ1) is 20.0. The third kappa shape index (κ3) is 4.31. The van der Waals surface area contributed by atoms with Crippen LogP contribution < -0.4 is 10.2 Å². The van der Waals surface area contributed by atoms with Crippen molar-refractivity contribution >= 4 is 17.6 Å². The number of aromatic carboxylic acids is 1. The second-order valence-electron chi connectivity index (χ2n) is 7.43. The Morgan fingerprint density at radius 3 is 2.57 bits per heavy atom. The van der Waals surface area contributed by atoms with Gasteiger partial charge in [0.25, 0.3) is 0 Å². The summed E-state index contributed by atoms with van der Waals surface area (Å²) in [6, 6.07) is 5.61. The molecule has 4 rings (SSSR count). The van der Waals surface area contributed by atoms with E-state index in [0.717, 1.165) is 18.9 Å². The number of rotatable bonds is 6. The first-order valence-electron chi connectivity index (χ1n) is 9.68. The molecule has 0 bridgehead atoms. The van der Waals surface area contributed by atoms with Crippen molar-refractivity contribution in [2.45, 2.75) is 25.4 Å². The van der Waals surface area contributed by atoms with Gasteiger partial charge in [-0.05, 0) is 18.9 Å². The fourth-order valence-corrected chi connectivity index (χ4v) is 3.40. The summed E-state index contributed by atoms with van der Waals surface area (Å²) in [5.74, 6) is -1.66. The van der Waals surface area contributed by atoms with Gasteiger partial charge in [0, 0.05) is 50.4 Å². The number of carbonyl (C=O) groups is 1. The second kappa shape index (κ2) is 8.20. The predicted octanol–water partition coefficient (Wildman–Crippen LogP) is 2.22. The van der Waals surface area contributed by atoms with E-state index in [4.69, 9.17) is 0 Å². The third-order valence-electron chi connectivity index (χ3n) is 5.18. The number of nitriles is 1. The number of nitrogens with zero attached hydrogens (tertiary/aromatic N) is 5. The molecule has 1 aliphatic heterocycles. The number of halogens is 2. The molecule has 1 saturated carbocycles. The first-order chi connectivity index (χ1) is 14.4. The fourth-order valence-electron chi connectivity index (χ4n) is 3.40. The minimum Gasteiger partial charge on any atom is -0.476 e. The van der Waals surface area contributed by atoms with Crippen molar-refractivity contribution < 1.29 is 18.7 Å². The number of nitrogens with one attached hydrogen (secondary N) is 1. The molecule has 1 aliphatic carbocycles. The Balaban J connectivity index is 1.51. The molecular weight excluding hydrogens is 394 g/mol. The van der Waals surface area contributed by atoms with Gasteiger partial charge >= 0.3 is 5.97 Å². The minimum atomic E-state index is -1.30. The van der Waals surface area contributed by atoms with Crippen LogP contribution in [0.1, 0.15) is 34.6 Å². The highest BCUT2D eigenvalue weighted by Gasteiger charge is 2.29. The zero-order chi connectivity index (χ0) is 21.3. The van der Waals surface area contributed by atoms with Gasteiger partial charge in [-0.25, -0.2) is 23.5 Å². The molecule has 30 heavy (non-hydrogen) atoms. The molecule has 0 radical (unpaired) electrons. The Kier molecular flexibility index (Phi) is 5.46. The van der Waals surface area contributed by atoms with E-state index in [9.17, 15) is 23.9 Å². The number of carboxylic acids is 1. The van der Waals surface area contributed by atoms with E-state index in [1.165, 1.54) is 12.1 Å². The molecule has 156 valence electrons. The number of benzene rings is 1. The zero-order valence-corrected chi connectivity index (χ0v) is 16.1. The largest absolute Gasteiger partial charge is 0.476 e. The summed E-state index contributed by atoms with van der Waals surface area (Å²) >= 11 is 0. The molecule has 1 aromatic carbocycles. The average Bonchev–Trinajstić information content (AvgIpc) is 3.54. The van der Waals surface area contributed by atoms with E-state index in [1.807, 2.05) is 9.80 Å². The SMILES string of the molecule is N#Cc1nc(NC2CC2)c(N2CCN(Cc3ccc(F)cc3F)CC2)nc1C(=O)O. The topological polar surface area (TPSA) is 105 Å². The zero-order valence-electron chi connectivity index (χ0n) is 16.1. The summed E-state index contributed by atoms with van der Waals surface area (Å²) in [7, 11) is 0. The molecule has 0 amide bonds. The lowest BCUT2D eigenvalue weighted by Crippen LogP contribution is -2.46. The van der Waals surface area contributed by atoms with Crippen LogP contribution in [0, 0.1) is 23.0 Å². The van der Waals surface area contributed by atoms with Crippen LogP contribution in [0.25, 0.3) is 0 Å². The van der Waals surface area contributed by atoms with Gasteiger partial charge in [-0.1, -0.05) is 6.07 Å². The van der Waals surface area contributed by atoms with Crippen LogP contribution in [0.3, 0.4) is 0 Å². The van der Waals surface area contributed by atoms with Crippen molar-refractivity contribution in [2.24, 2.45) is 0 Å². The fraction of sp³-hybridized carbons (Fsp3) is 0.400. The molecule has 1 aromatic heterocycles. The van der Waals surface area contributed by atoms with Gasteiger partial charge in [-0.2, -0.15) is 5.26 Å². The normalized spacial score (nSPS) is 16.9. The molecule has 10 heteroatoms. The van der Waals surface area contributed by atoms with Crippen LogP contribution in [-0.2, 0) is 6.54 Å². The van der Waals surface area contributed by atoms with Gasteiger partial charge in [0.15, 0.2) is 23.0 Å². The number of piperazine rings is 1. The van der Waals surface area contributed by atoms with E-state index in [0.29, 0.717) is 49.9 Å². The second-order valence-corrected chi connectivity index (χ2v) is 7.43. The average molecular weight is 414 g/mol. The van der Waals surface area contributed by atoms with Gasteiger partial charge in [0.05, 0.1) is 0 Å². The van der Waals surface area contributed by atoms with Crippen molar-refractivity contribution in [3.05, 3.63) is 46.8 Å². The monoisotopic (exact) mass is 414 g/mol. The maximum atomic E-state index is 13.9. The number of hydrogen-bond donors (Lipinski definition) is 2. The molecule has 0 unspecified atom stereocenters. The summed E-state index contributed by atoms with van der Waals surface area (Å²) in [6.45, 7) is 2.59. The molecule has 1 saturated heterocycles. The van der Waals surface area contributed by atoms with Crippen LogP contribution >= 0.6 is 0 Å². The molecule has 0 atom stereocenters. The number of aromatic nitrogens is 2. The standard InChI is InChI=1S/C20H20F2N6O2/c21-13-2-1-12(15(22)9-13)11-27-5-7-28(8-6-27)19-18(24-14-3-4-14)25-16(10-23)17(26-19)20(29)30/h1-2,9,14H,3-8,11H2,(H,24,25)(H,29,30). The molecule has 2 aliphatic rings. The highest BCUT2D eigenvalue weighted by atomic mass is 19.1. The molecular formula is C20H20F2N6O2. The molecule has 2 N–H and O–H groups in total. The van der Waals surface area contributed by atoms with Crippen LogP contribution in [0.2, 0.25) is 0 Å². The highest BCUT2D eigenvalue weighted by molar-refractivity contribution is 5.89. The van der Waals surface area contributed by atoms with Gasteiger partial charge in [0.2, 0.25) is 0 Å². The molecule has 2 fully saturated rings. The lowest BCUT2D eigenvalue weighted by Gasteiger charge is -2.36. The van der Waals surface area contributed by atoms with Gasteiger partial charge in [-0.15, -0.1) is 0 Å². The number of anilines is 2. The molecule has 8 nitrogen and oxygen atoms in total. The predicted molar refractivity (Wildman–Crippen MR) is 104 cm³/mol. The maximum Gasteiger partial charge on any atom is 0.357 e. The summed E-state index contributed by atoms with van der Waals surface area (Å²) in [6.07, 6.45) is 1.97. The van der Waals surface area contributed by atoms with Crippen LogP contribution in [0.4, 0.5) is 20.4 Å². The highest BCUT2D eigenvalue weighted by Crippen LogP contribution is 2.30. The Labute approximate surface area is 171 Å². The Hall–Kier alpha value is -3.32. The lowest BCUT2D eigenvalue weighted by molar-refractivity contribution is 0.0689. The summed E-state index contributed by atoms with van der Waals surface area (Å²) in [4.78, 5) is 23.9. The van der Waals surface area contributed by atoms with Crippen molar-refractivity contribution in [1.82, 2.24) is 14.9 Å². The van der Waals surface area contributed by atoms with Crippen molar-refractivity contribution in [2.75, 3.05) is 36.4 Å². The molecule has 2 aromatic rings. The number of hydrogen-bond acceptors (Lipinski definition) is 7. The van der Waals surface area contributed by atoms with Crippen molar-refractivity contribution in [3.63, 3.8) is 0 Å². The number of carboxylic acid groups (broad SMARTS) is 1. The Morgan fingerprint density at radius 1 is 1.23 bits per heavy atom. The van der Waals surface area contributed by atoms with Gasteiger partial charge in [0.1, 0.15) is 17.7 Å². The smallest absolute Gasteiger partial charge is 0.357 e. The maximum absolute atomic E-state index is 13.9. The molecule has 2 heterocycles. The van der Waals surface area contributed by atoms with Gasteiger partial charge < -0.3 is 15.3 Å². The van der Waals surface area contributed by atoms with Crippen LogP contribution in [-0.4, -0.2) is 58.2 Å². The van der Waals surface area contributed by atoms with Gasteiger partial charge in [-0.3, -0.25) is 4.90 Å². The minimum absolute atomic E-state index is 0.222.